The first-order valence-corrected chi connectivity index (χ1v) is 8.76. The van der Waals surface area contributed by atoms with Crippen molar-refractivity contribution in [2.75, 3.05) is 19.6 Å². The van der Waals surface area contributed by atoms with Gasteiger partial charge in [-0.15, -0.1) is 11.3 Å². The number of nitrogens with zero attached hydrogens (tertiary/aromatic N) is 1. The lowest BCUT2D eigenvalue weighted by atomic mass is 9.89. The van der Waals surface area contributed by atoms with Gasteiger partial charge in [-0.05, 0) is 17.9 Å². The highest BCUT2D eigenvalue weighted by Crippen LogP contribution is 2.28. The van der Waals surface area contributed by atoms with Gasteiger partial charge in [0.1, 0.15) is 9.81 Å². The van der Waals surface area contributed by atoms with Gasteiger partial charge < -0.3 is 15.5 Å². The first kappa shape index (κ1) is 16.4. The Kier molecular flexibility index (Phi) is 4.69. The second-order valence-electron chi connectivity index (χ2n) is 5.07. The molecule has 1 fully saturated rings. The van der Waals surface area contributed by atoms with E-state index in [0.717, 1.165) is 15.6 Å². The third-order valence-electron chi connectivity index (χ3n) is 3.52. The van der Waals surface area contributed by atoms with Crippen molar-refractivity contribution in [1.29, 1.82) is 0 Å². The van der Waals surface area contributed by atoms with Crippen LogP contribution in [0.25, 0.3) is 0 Å². The number of piperidine rings is 1. The summed E-state index contributed by atoms with van der Waals surface area (Å²) in [5.74, 6) is -0.315. The third-order valence-corrected chi connectivity index (χ3v) is 6.76. The van der Waals surface area contributed by atoms with E-state index >= 15 is 0 Å². The Labute approximate surface area is 127 Å². The minimum atomic E-state index is -3.64. The first-order valence-electron chi connectivity index (χ1n) is 6.44. The number of sulfonamides is 1. The number of β-amino-alcohol motifs (C(OH)–C–C–N with tert-alkyl or cyclic N) is 1. The zero-order valence-corrected chi connectivity index (χ0v) is 13.2. The zero-order chi connectivity index (χ0) is 15.7. The summed E-state index contributed by atoms with van der Waals surface area (Å²) in [6, 6.07) is 3.15. The molecule has 0 aliphatic carbocycles. The summed E-state index contributed by atoms with van der Waals surface area (Å²) in [4.78, 5) is 10.9. The fourth-order valence-electron chi connectivity index (χ4n) is 2.18. The predicted molar refractivity (Wildman–Crippen MR) is 77.3 cm³/mol. The van der Waals surface area contributed by atoms with E-state index in [4.69, 9.17) is 0 Å². The molecule has 1 saturated heterocycles. The van der Waals surface area contributed by atoms with Gasteiger partial charge >= 0.3 is 0 Å². The van der Waals surface area contributed by atoms with Crippen molar-refractivity contribution >= 4 is 27.3 Å². The highest BCUT2D eigenvalue weighted by atomic mass is 32.2. The van der Waals surface area contributed by atoms with Crippen molar-refractivity contribution in [1.82, 2.24) is 9.62 Å². The van der Waals surface area contributed by atoms with Crippen LogP contribution in [0.15, 0.2) is 21.7 Å². The topological polar surface area (TPSA) is 107 Å². The maximum atomic E-state index is 12.3. The van der Waals surface area contributed by atoms with Crippen molar-refractivity contribution in [3.63, 3.8) is 0 Å². The van der Waals surface area contributed by atoms with Crippen molar-refractivity contribution in [2.24, 2.45) is 0 Å². The fourth-order valence-corrected chi connectivity index (χ4v) is 4.77. The van der Waals surface area contributed by atoms with Crippen LogP contribution in [0.4, 0.5) is 0 Å². The summed E-state index contributed by atoms with van der Waals surface area (Å²) in [7, 11) is -3.64. The van der Waals surface area contributed by atoms with E-state index in [9.17, 15) is 23.4 Å². The van der Waals surface area contributed by atoms with Gasteiger partial charge in [0.2, 0.25) is 5.91 Å². The molecule has 1 amide bonds. The number of carbonyl (C=O) groups is 1. The summed E-state index contributed by atoms with van der Waals surface area (Å²) in [5, 5.41) is 24.5. The molecular weight excluding hydrogens is 316 g/mol. The molecule has 0 radical (unpaired) electrons. The Morgan fingerprint density at radius 1 is 1.62 bits per heavy atom. The van der Waals surface area contributed by atoms with Crippen LogP contribution in [-0.4, -0.2) is 60.2 Å². The summed E-state index contributed by atoms with van der Waals surface area (Å²) < 4.78 is 26.1. The zero-order valence-electron chi connectivity index (χ0n) is 11.5. The quantitative estimate of drug-likeness (QED) is 0.680. The van der Waals surface area contributed by atoms with E-state index in [1.165, 1.54) is 13.0 Å². The van der Waals surface area contributed by atoms with Gasteiger partial charge in [-0.1, -0.05) is 6.07 Å². The highest BCUT2D eigenvalue weighted by molar-refractivity contribution is 7.91. The molecule has 0 aromatic carbocycles. The molecule has 0 unspecified atom stereocenters. The monoisotopic (exact) mass is 334 g/mol. The molecule has 3 N–H and O–H groups in total. The van der Waals surface area contributed by atoms with Gasteiger partial charge in [0, 0.05) is 26.6 Å². The van der Waals surface area contributed by atoms with Gasteiger partial charge in [0.15, 0.2) is 0 Å². The standard InChI is InChI=1S/C12H18N2O5S2/c1-9(15)13-8-12(17)4-5-14(7-10(12)16)21(18,19)11-3-2-6-20-11/h2-3,6,10,16-17H,4-5,7-8H2,1H3,(H,13,15)/t10-,12-/m1/s1. The number of rotatable bonds is 4. The number of amides is 1. The molecule has 1 aromatic heterocycles. The Bertz CT molecular complexity index is 601. The summed E-state index contributed by atoms with van der Waals surface area (Å²) in [6.45, 7) is 1.10. The van der Waals surface area contributed by atoms with Gasteiger partial charge in [-0.2, -0.15) is 4.31 Å². The number of aliphatic hydroxyl groups excluding tert-OH is 1. The predicted octanol–water partition coefficient (Wildman–Crippen LogP) is -0.629. The Balaban J connectivity index is 2.09. The molecule has 118 valence electrons. The van der Waals surface area contributed by atoms with Crippen LogP contribution in [0.1, 0.15) is 13.3 Å². The van der Waals surface area contributed by atoms with E-state index in [-0.39, 0.29) is 36.2 Å². The summed E-state index contributed by atoms with van der Waals surface area (Å²) >= 11 is 1.11. The molecule has 2 rings (SSSR count). The number of nitrogens with one attached hydrogen (secondary N) is 1. The SMILES string of the molecule is CC(=O)NC[C@]1(O)CCN(S(=O)(=O)c2cccs2)C[C@H]1O. The molecular formula is C12H18N2O5S2. The Hall–Kier alpha value is -1.00. The van der Waals surface area contributed by atoms with Crippen molar-refractivity contribution in [3.05, 3.63) is 17.5 Å². The second-order valence-corrected chi connectivity index (χ2v) is 8.19. The lowest BCUT2D eigenvalue weighted by molar-refractivity contribution is -0.126. The molecule has 2 atom stereocenters. The van der Waals surface area contributed by atoms with Crippen LogP contribution in [0.2, 0.25) is 0 Å². The molecule has 21 heavy (non-hydrogen) atoms. The van der Waals surface area contributed by atoms with Gasteiger partial charge in [0.25, 0.3) is 10.0 Å². The van der Waals surface area contributed by atoms with Crippen LogP contribution in [-0.2, 0) is 14.8 Å². The van der Waals surface area contributed by atoms with Crippen molar-refractivity contribution < 1.29 is 23.4 Å². The normalized spacial score (nSPS) is 27.5. The maximum Gasteiger partial charge on any atom is 0.252 e. The van der Waals surface area contributed by atoms with E-state index in [0.29, 0.717) is 0 Å². The van der Waals surface area contributed by atoms with Gasteiger partial charge in [0.05, 0.1) is 6.10 Å². The van der Waals surface area contributed by atoms with Gasteiger partial charge in [-0.25, -0.2) is 8.42 Å². The second kappa shape index (κ2) is 6.01. The van der Waals surface area contributed by atoms with Crippen molar-refractivity contribution in [2.45, 2.75) is 29.3 Å². The molecule has 1 aliphatic rings. The molecule has 1 aromatic rings. The first-order chi connectivity index (χ1) is 9.75. The van der Waals surface area contributed by atoms with Crippen LogP contribution in [0, 0.1) is 0 Å². The largest absolute Gasteiger partial charge is 0.389 e. The molecule has 0 spiro atoms. The number of carbonyl (C=O) groups excluding carboxylic acids is 1. The maximum absolute atomic E-state index is 12.3. The van der Waals surface area contributed by atoms with E-state index in [1.807, 2.05) is 0 Å². The molecule has 0 bridgehead atoms. The Morgan fingerprint density at radius 3 is 2.86 bits per heavy atom. The lowest BCUT2D eigenvalue weighted by Crippen LogP contribution is -2.60. The minimum absolute atomic E-state index is 0.0546. The lowest BCUT2D eigenvalue weighted by Gasteiger charge is -2.41. The van der Waals surface area contributed by atoms with Gasteiger partial charge in [-0.3, -0.25) is 4.79 Å². The Morgan fingerprint density at radius 2 is 2.33 bits per heavy atom. The smallest absolute Gasteiger partial charge is 0.252 e. The number of hydrogen-bond acceptors (Lipinski definition) is 6. The average molecular weight is 334 g/mol. The van der Waals surface area contributed by atoms with E-state index in [1.54, 1.807) is 11.4 Å². The van der Waals surface area contributed by atoms with Crippen LogP contribution >= 0.6 is 11.3 Å². The van der Waals surface area contributed by atoms with Crippen molar-refractivity contribution in [3.8, 4) is 0 Å². The fraction of sp³-hybridized carbons (Fsp3) is 0.583. The molecule has 9 heteroatoms. The average Bonchev–Trinajstić information content (AvgIpc) is 2.94. The summed E-state index contributed by atoms with van der Waals surface area (Å²) in [6.07, 6.45) is -1.20. The number of aliphatic hydroxyl groups is 2. The molecule has 1 aliphatic heterocycles. The number of hydrogen-bond donors (Lipinski definition) is 3. The summed E-state index contributed by atoms with van der Waals surface area (Å²) in [5.41, 5.74) is -1.51. The van der Waals surface area contributed by atoms with E-state index < -0.39 is 21.7 Å². The van der Waals surface area contributed by atoms with E-state index in [2.05, 4.69) is 5.32 Å². The van der Waals surface area contributed by atoms with Crippen LogP contribution in [0.3, 0.4) is 0 Å². The minimum Gasteiger partial charge on any atom is -0.389 e. The molecule has 7 nitrogen and oxygen atoms in total. The molecule has 2 heterocycles. The highest BCUT2D eigenvalue weighted by Gasteiger charge is 2.44. The number of thiophene rings is 1. The molecule has 0 saturated carbocycles. The van der Waals surface area contributed by atoms with Crippen LogP contribution in [0.5, 0.6) is 0 Å². The third kappa shape index (κ3) is 3.43. The van der Waals surface area contributed by atoms with Crippen LogP contribution < -0.4 is 5.32 Å².